The first-order valence-electron chi connectivity index (χ1n) is 5.32. The Morgan fingerprint density at radius 3 is 2.81 bits per heavy atom. The Bertz CT molecular complexity index is 317. The normalized spacial score (nSPS) is 13.1. The van der Waals surface area contributed by atoms with Crippen LogP contribution in [0, 0.1) is 0 Å². The maximum absolute atomic E-state index is 5.75. The molecule has 0 fully saturated rings. The fourth-order valence-corrected chi connectivity index (χ4v) is 1.80. The number of aromatic nitrogens is 1. The van der Waals surface area contributed by atoms with Crippen molar-refractivity contribution in [3.05, 3.63) is 28.5 Å². The van der Waals surface area contributed by atoms with Crippen molar-refractivity contribution in [2.45, 2.75) is 6.04 Å². The van der Waals surface area contributed by atoms with Crippen LogP contribution in [-0.4, -0.2) is 43.6 Å². The molecule has 1 aromatic rings. The predicted octanol–water partition coefficient (Wildman–Crippen LogP) is 0.995. The zero-order valence-corrected chi connectivity index (χ0v) is 11.4. The van der Waals surface area contributed by atoms with Crippen molar-refractivity contribution in [2.24, 2.45) is 5.73 Å². The van der Waals surface area contributed by atoms with Crippen molar-refractivity contribution in [3.8, 4) is 0 Å². The molecule has 0 saturated carbocycles. The van der Waals surface area contributed by atoms with E-state index in [2.05, 4.69) is 45.2 Å². The van der Waals surface area contributed by atoms with E-state index in [0.717, 1.165) is 23.1 Å². The Labute approximate surface area is 105 Å². The highest BCUT2D eigenvalue weighted by Gasteiger charge is 2.09. The van der Waals surface area contributed by atoms with Gasteiger partial charge in [0.15, 0.2) is 0 Å². The topological polar surface area (TPSA) is 54.2 Å². The Balaban J connectivity index is 2.53. The van der Waals surface area contributed by atoms with Crippen molar-refractivity contribution in [1.82, 2.24) is 15.2 Å². The zero-order valence-electron chi connectivity index (χ0n) is 9.78. The molecule has 0 aliphatic carbocycles. The second kappa shape index (κ2) is 6.96. The molecular formula is C11H19BrN4. The third-order valence-electron chi connectivity index (χ3n) is 2.31. The molecule has 0 saturated heterocycles. The number of nitrogens with one attached hydrogen (secondary N) is 1. The van der Waals surface area contributed by atoms with Crippen LogP contribution >= 0.6 is 15.9 Å². The van der Waals surface area contributed by atoms with Crippen molar-refractivity contribution < 1.29 is 0 Å². The molecular weight excluding hydrogens is 268 g/mol. The molecule has 0 aliphatic heterocycles. The van der Waals surface area contributed by atoms with Crippen LogP contribution in [0.2, 0.25) is 0 Å². The summed E-state index contributed by atoms with van der Waals surface area (Å²) in [6.45, 7) is 2.49. The van der Waals surface area contributed by atoms with Gasteiger partial charge in [-0.2, -0.15) is 0 Å². The Morgan fingerprint density at radius 2 is 2.25 bits per heavy atom. The van der Waals surface area contributed by atoms with Crippen molar-refractivity contribution in [2.75, 3.05) is 33.7 Å². The molecule has 0 bridgehead atoms. The third kappa shape index (κ3) is 4.57. The molecule has 0 aliphatic rings. The van der Waals surface area contributed by atoms with Gasteiger partial charge < -0.3 is 16.0 Å². The summed E-state index contributed by atoms with van der Waals surface area (Å²) in [6.07, 6.45) is 3.63. The summed E-state index contributed by atoms with van der Waals surface area (Å²) in [5.74, 6) is 0. The highest BCUT2D eigenvalue weighted by molar-refractivity contribution is 9.10. The van der Waals surface area contributed by atoms with E-state index in [9.17, 15) is 0 Å². The van der Waals surface area contributed by atoms with Gasteiger partial charge in [-0.05, 0) is 41.7 Å². The lowest BCUT2D eigenvalue weighted by Crippen LogP contribution is -2.33. The van der Waals surface area contributed by atoms with Crippen LogP contribution in [0.1, 0.15) is 11.6 Å². The minimum Gasteiger partial charge on any atom is -0.329 e. The SMILES string of the molecule is CN(C)CCNC(CN)c1cncc(Br)c1. The van der Waals surface area contributed by atoms with E-state index in [4.69, 9.17) is 5.73 Å². The van der Waals surface area contributed by atoms with E-state index in [1.54, 1.807) is 6.20 Å². The first-order chi connectivity index (χ1) is 7.63. The van der Waals surface area contributed by atoms with Crippen LogP contribution < -0.4 is 11.1 Å². The Kier molecular flexibility index (Phi) is 5.90. The van der Waals surface area contributed by atoms with Gasteiger partial charge in [0.2, 0.25) is 0 Å². The van der Waals surface area contributed by atoms with Crippen molar-refractivity contribution in [1.29, 1.82) is 0 Å². The molecule has 1 rings (SSSR count). The van der Waals surface area contributed by atoms with E-state index in [-0.39, 0.29) is 6.04 Å². The number of nitrogens with two attached hydrogens (primary N) is 1. The van der Waals surface area contributed by atoms with Gasteiger partial charge in [-0.3, -0.25) is 4.98 Å². The van der Waals surface area contributed by atoms with Gasteiger partial charge in [-0.15, -0.1) is 0 Å². The second-order valence-corrected chi connectivity index (χ2v) is 4.90. The van der Waals surface area contributed by atoms with Gasteiger partial charge in [-0.25, -0.2) is 0 Å². The molecule has 1 heterocycles. The minimum absolute atomic E-state index is 0.171. The van der Waals surface area contributed by atoms with Crippen LogP contribution in [-0.2, 0) is 0 Å². The largest absolute Gasteiger partial charge is 0.329 e. The lowest BCUT2D eigenvalue weighted by Gasteiger charge is -2.18. The minimum atomic E-state index is 0.171. The number of rotatable bonds is 6. The van der Waals surface area contributed by atoms with Crippen LogP contribution in [0.5, 0.6) is 0 Å². The molecule has 0 radical (unpaired) electrons. The lowest BCUT2D eigenvalue weighted by atomic mass is 10.1. The Hall–Kier alpha value is -0.490. The second-order valence-electron chi connectivity index (χ2n) is 3.98. The fraction of sp³-hybridized carbons (Fsp3) is 0.545. The van der Waals surface area contributed by atoms with Gasteiger partial charge in [0.25, 0.3) is 0 Å². The number of hydrogen-bond donors (Lipinski definition) is 2. The smallest absolute Gasteiger partial charge is 0.0460 e. The van der Waals surface area contributed by atoms with Crippen LogP contribution in [0.25, 0.3) is 0 Å². The number of pyridine rings is 1. The number of nitrogens with zero attached hydrogens (tertiary/aromatic N) is 2. The molecule has 1 aromatic heterocycles. The third-order valence-corrected chi connectivity index (χ3v) is 2.75. The molecule has 1 unspecified atom stereocenters. The van der Waals surface area contributed by atoms with Gasteiger partial charge in [-0.1, -0.05) is 0 Å². The summed E-state index contributed by atoms with van der Waals surface area (Å²) in [6, 6.07) is 2.22. The zero-order chi connectivity index (χ0) is 12.0. The fourth-order valence-electron chi connectivity index (χ4n) is 1.42. The molecule has 16 heavy (non-hydrogen) atoms. The predicted molar refractivity (Wildman–Crippen MR) is 70.3 cm³/mol. The monoisotopic (exact) mass is 286 g/mol. The van der Waals surface area contributed by atoms with Crippen molar-refractivity contribution >= 4 is 15.9 Å². The molecule has 3 N–H and O–H groups in total. The quantitative estimate of drug-likeness (QED) is 0.819. The molecule has 4 nitrogen and oxygen atoms in total. The Morgan fingerprint density at radius 1 is 1.50 bits per heavy atom. The lowest BCUT2D eigenvalue weighted by molar-refractivity contribution is 0.385. The van der Waals surface area contributed by atoms with Gasteiger partial charge in [0, 0.05) is 42.5 Å². The molecule has 0 amide bonds. The number of likely N-dealkylation sites (N-methyl/N-ethyl adjacent to an activating group) is 1. The number of halogens is 1. The standard InChI is InChI=1S/C11H19BrN4/c1-16(2)4-3-15-11(6-13)9-5-10(12)8-14-7-9/h5,7-8,11,15H,3-4,6,13H2,1-2H3. The molecule has 0 aromatic carbocycles. The molecule has 0 spiro atoms. The average molecular weight is 287 g/mol. The summed E-state index contributed by atoms with van der Waals surface area (Å²) < 4.78 is 0.984. The summed E-state index contributed by atoms with van der Waals surface area (Å²) in [7, 11) is 4.11. The van der Waals surface area contributed by atoms with Crippen molar-refractivity contribution in [3.63, 3.8) is 0 Å². The molecule has 90 valence electrons. The van der Waals surface area contributed by atoms with E-state index in [0.29, 0.717) is 6.54 Å². The van der Waals surface area contributed by atoms with E-state index in [1.165, 1.54) is 0 Å². The van der Waals surface area contributed by atoms with Gasteiger partial charge >= 0.3 is 0 Å². The first-order valence-corrected chi connectivity index (χ1v) is 6.11. The summed E-state index contributed by atoms with van der Waals surface area (Å²) >= 11 is 3.41. The van der Waals surface area contributed by atoms with Gasteiger partial charge in [0.1, 0.15) is 0 Å². The summed E-state index contributed by atoms with van der Waals surface area (Å²) in [5.41, 5.74) is 6.87. The van der Waals surface area contributed by atoms with E-state index in [1.807, 2.05) is 12.3 Å². The maximum atomic E-state index is 5.75. The average Bonchev–Trinajstić information content (AvgIpc) is 2.24. The molecule has 1 atom stereocenters. The van der Waals surface area contributed by atoms with Crippen LogP contribution in [0.4, 0.5) is 0 Å². The highest BCUT2D eigenvalue weighted by atomic mass is 79.9. The highest BCUT2D eigenvalue weighted by Crippen LogP contribution is 2.15. The van der Waals surface area contributed by atoms with E-state index >= 15 is 0 Å². The van der Waals surface area contributed by atoms with Gasteiger partial charge in [0.05, 0.1) is 0 Å². The maximum Gasteiger partial charge on any atom is 0.0460 e. The van der Waals surface area contributed by atoms with E-state index < -0.39 is 0 Å². The number of hydrogen-bond acceptors (Lipinski definition) is 4. The van der Waals surface area contributed by atoms with Crippen LogP contribution in [0.15, 0.2) is 22.9 Å². The molecule has 5 heteroatoms. The summed E-state index contributed by atoms with van der Waals surface area (Å²) in [5, 5.41) is 3.42. The summed E-state index contributed by atoms with van der Waals surface area (Å²) in [4.78, 5) is 6.28. The first kappa shape index (κ1) is 13.6. The van der Waals surface area contributed by atoms with Crippen LogP contribution in [0.3, 0.4) is 0 Å².